The number of carboxylic acid groups (broad SMARTS) is 1. The molecule has 0 aliphatic carbocycles. The van der Waals surface area contributed by atoms with Crippen molar-refractivity contribution in [2.24, 2.45) is 0 Å². The molecule has 0 spiro atoms. The summed E-state index contributed by atoms with van der Waals surface area (Å²) in [4.78, 5) is 10.8. The molecule has 1 aliphatic heterocycles. The van der Waals surface area contributed by atoms with Gasteiger partial charge in [0.05, 0.1) is 12.0 Å². The zero-order valence-electron chi connectivity index (χ0n) is 8.23. The molecule has 1 heterocycles. The molecular formula is C11H13NO3. The van der Waals surface area contributed by atoms with Gasteiger partial charge in [0.15, 0.2) is 0 Å². The molecule has 0 amide bonds. The standard InChI is InChI=1S/C11H13NO3/c13-9-4-2-1-3-8(9)11(5-6-12-11)7-10(14)15/h1-4,12-13H,5-7H2,(H,14,15). The van der Waals surface area contributed by atoms with Crippen molar-refractivity contribution in [3.63, 3.8) is 0 Å². The Morgan fingerprint density at radius 2 is 2.13 bits per heavy atom. The first-order chi connectivity index (χ1) is 7.14. The lowest BCUT2D eigenvalue weighted by atomic mass is 9.77. The van der Waals surface area contributed by atoms with Gasteiger partial charge < -0.3 is 15.5 Å². The van der Waals surface area contributed by atoms with Crippen LogP contribution in [0.4, 0.5) is 0 Å². The summed E-state index contributed by atoms with van der Waals surface area (Å²) >= 11 is 0. The fourth-order valence-electron chi connectivity index (χ4n) is 2.04. The number of aliphatic carboxylic acids is 1. The summed E-state index contributed by atoms with van der Waals surface area (Å²) in [7, 11) is 0. The van der Waals surface area contributed by atoms with Crippen LogP contribution >= 0.6 is 0 Å². The van der Waals surface area contributed by atoms with E-state index in [1.165, 1.54) is 0 Å². The molecule has 1 fully saturated rings. The van der Waals surface area contributed by atoms with Gasteiger partial charge in [-0.25, -0.2) is 0 Å². The Kier molecular flexibility index (Phi) is 2.36. The van der Waals surface area contributed by atoms with E-state index in [-0.39, 0.29) is 12.2 Å². The molecule has 0 bridgehead atoms. The molecule has 15 heavy (non-hydrogen) atoms. The lowest BCUT2D eigenvalue weighted by molar-refractivity contribution is -0.139. The highest BCUT2D eigenvalue weighted by atomic mass is 16.4. The van der Waals surface area contributed by atoms with Gasteiger partial charge in [-0.3, -0.25) is 4.79 Å². The summed E-state index contributed by atoms with van der Waals surface area (Å²) < 4.78 is 0. The number of rotatable bonds is 3. The molecule has 1 atom stereocenters. The van der Waals surface area contributed by atoms with Gasteiger partial charge in [-0.15, -0.1) is 0 Å². The third-order valence-electron chi connectivity index (χ3n) is 2.89. The van der Waals surface area contributed by atoms with Crippen molar-refractivity contribution >= 4 is 5.97 Å². The van der Waals surface area contributed by atoms with Crippen molar-refractivity contribution in [1.29, 1.82) is 0 Å². The Morgan fingerprint density at radius 1 is 1.47 bits per heavy atom. The number of phenols is 1. The molecule has 80 valence electrons. The number of phenolic OH excluding ortho intramolecular Hbond substituents is 1. The average Bonchev–Trinajstić information content (AvgIpc) is 2.12. The molecule has 4 nitrogen and oxygen atoms in total. The fraction of sp³-hybridized carbons (Fsp3) is 0.364. The van der Waals surface area contributed by atoms with Crippen molar-refractivity contribution in [3.05, 3.63) is 29.8 Å². The molecule has 1 aromatic rings. The maximum Gasteiger partial charge on any atom is 0.305 e. The first-order valence-electron chi connectivity index (χ1n) is 4.89. The topological polar surface area (TPSA) is 69.6 Å². The predicted octanol–water partition coefficient (Wildman–Crippen LogP) is 1.06. The quantitative estimate of drug-likeness (QED) is 0.693. The molecule has 1 unspecified atom stereocenters. The number of hydrogen-bond donors (Lipinski definition) is 3. The van der Waals surface area contributed by atoms with Crippen molar-refractivity contribution < 1.29 is 15.0 Å². The first-order valence-corrected chi connectivity index (χ1v) is 4.89. The van der Waals surface area contributed by atoms with Crippen LogP contribution in [0.3, 0.4) is 0 Å². The predicted molar refractivity (Wildman–Crippen MR) is 54.7 cm³/mol. The van der Waals surface area contributed by atoms with E-state index in [1.807, 2.05) is 0 Å². The number of nitrogens with one attached hydrogen (secondary N) is 1. The maximum atomic E-state index is 10.8. The van der Waals surface area contributed by atoms with E-state index in [0.717, 1.165) is 13.0 Å². The second-order valence-corrected chi connectivity index (χ2v) is 3.85. The smallest absolute Gasteiger partial charge is 0.305 e. The molecule has 0 saturated carbocycles. The number of benzene rings is 1. The second kappa shape index (κ2) is 3.55. The molecule has 3 N–H and O–H groups in total. The monoisotopic (exact) mass is 207 g/mol. The molecule has 1 aromatic carbocycles. The summed E-state index contributed by atoms with van der Waals surface area (Å²) in [5, 5.41) is 21.6. The molecule has 0 aromatic heterocycles. The van der Waals surface area contributed by atoms with E-state index < -0.39 is 11.5 Å². The van der Waals surface area contributed by atoms with Gasteiger partial charge in [0, 0.05) is 5.56 Å². The zero-order valence-corrected chi connectivity index (χ0v) is 8.23. The van der Waals surface area contributed by atoms with E-state index >= 15 is 0 Å². The van der Waals surface area contributed by atoms with Crippen LogP contribution in [-0.4, -0.2) is 22.7 Å². The molecule has 2 rings (SSSR count). The minimum absolute atomic E-state index is 0.00454. The van der Waals surface area contributed by atoms with Crippen LogP contribution in [0.25, 0.3) is 0 Å². The van der Waals surface area contributed by atoms with E-state index in [4.69, 9.17) is 5.11 Å². The van der Waals surface area contributed by atoms with Crippen LogP contribution < -0.4 is 5.32 Å². The lowest BCUT2D eigenvalue weighted by Gasteiger charge is -2.43. The largest absolute Gasteiger partial charge is 0.508 e. The summed E-state index contributed by atoms with van der Waals surface area (Å²) in [6.45, 7) is 0.793. The zero-order chi connectivity index (χ0) is 10.9. The van der Waals surface area contributed by atoms with Gasteiger partial charge in [-0.1, -0.05) is 18.2 Å². The van der Waals surface area contributed by atoms with Gasteiger partial charge in [0.1, 0.15) is 5.75 Å². The Morgan fingerprint density at radius 3 is 2.60 bits per heavy atom. The minimum atomic E-state index is -0.856. The first kappa shape index (κ1) is 9.98. The van der Waals surface area contributed by atoms with E-state index in [9.17, 15) is 9.90 Å². The Bertz CT molecular complexity index is 385. The van der Waals surface area contributed by atoms with Crippen molar-refractivity contribution in [2.45, 2.75) is 18.4 Å². The highest BCUT2D eigenvalue weighted by Crippen LogP contribution is 2.39. The molecular weight excluding hydrogens is 194 g/mol. The van der Waals surface area contributed by atoms with Crippen LogP contribution in [0.15, 0.2) is 24.3 Å². The Labute approximate surface area is 87.6 Å². The summed E-state index contributed by atoms with van der Waals surface area (Å²) in [6, 6.07) is 6.88. The third kappa shape index (κ3) is 1.68. The fourth-order valence-corrected chi connectivity index (χ4v) is 2.04. The SMILES string of the molecule is O=C(O)CC1(c2ccccc2O)CCN1. The van der Waals surface area contributed by atoms with Crippen LogP contribution in [0, 0.1) is 0 Å². The van der Waals surface area contributed by atoms with Crippen LogP contribution in [0.1, 0.15) is 18.4 Å². The normalized spacial score (nSPS) is 24.5. The van der Waals surface area contributed by atoms with Crippen molar-refractivity contribution in [2.75, 3.05) is 6.54 Å². The third-order valence-corrected chi connectivity index (χ3v) is 2.89. The van der Waals surface area contributed by atoms with Gasteiger partial charge >= 0.3 is 5.97 Å². The van der Waals surface area contributed by atoms with E-state index in [1.54, 1.807) is 24.3 Å². The van der Waals surface area contributed by atoms with Crippen LogP contribution in [-0.2, 0) is 10.3 Å². The molecule has 1 aliphatic rings. The average molecular weight is 207 g/mol. The summed E-state index contributed by atoms with van der Waals surface area (Å²) in [6.07, 6.45) is 0.751. The number of carbonyl (C=O) groups is 1. The van der Waals surface area contributed by atoms with Crippen LogP contribution in [0.2, 0.25) is 0 Å². The van der Waals surface area contributed by atoms with Gasteiger partial charge in [0.2, 0.25) is 0 Å². The number of para-hydroxylation sites is 1. The highest BCUT2D eigenvalue weighted by Gasteiger charge is 2.41. The summed E-state index contributed by atoms with van der Waals surface area (Å²) in [5.74, 6) is -0.698. The number of carboxylic acids is 1. The van der Waals surface area contributed by atoms with E-state index in [0.29, 0.717) is 5.56 Å². The highest BCUT2D eigenvalue weighted by molar-refractivity contribution is 5.69. The molecule has 0 radical (unpaired) electrons. The van der Waals surface area contributed by atoms with Crippen LogP contribution in [0.5, 0.6) is 5.75 Å². The number of aromatic hydroxyl groups is 1. The molecule has 4 heteroatoms. The summed E-state index contributed by atoms with van der Waals surface area (Å²) in [5.41, 5.74) is 0.107. The lowest BCUT2D eigenvalue weighted by Crippen LogP contribution is -2.55. The Hall–Kier alpha value is -1.55. The van der Waals surface area contributed by atoms with Gasteiger partial charge in [-0.2, -0.15) is 0 Å². The minimum Gasteiger partial charge on any atom is -0.508 e. The Balaban J connectivity index is 2.34. The number of hydrogen-bond acceptors (Lipinski definition) is 3. The molecule has 1 saturated heterocycles. The van der Waals surface area contributed by atoms with Crippen molar-refractivity contribution in [3.8, 4) is 5.75 Å². The second-order valence-electron chi connectivity index (χ2n) is 3.85. The van der Waals surface area contributed by atoms with Crippen molar-refractivity contribution in [1.82, 2.24) is 5.32 Å². The maximum absolute atomic E-state index is 10.8. The van der Waals surface area contributed by atoms with E-state index in [2.05, 4.69) is 5.32 Å². The van der Waals surface area contributed by atoms with Gasteiger partial charge in [-0.05, 0) is 19.0 Å². The van der Waals surface area contributed by atoms with Gasteiger partial charge in [0.25, 0.3) is 0 Å².